The topological polar surface area (TPSA) is 35.2 Å². The molecule has 0 aromatic rings. The van der Waals surface area contributed by atoms with Crippen molar-refractivity contribution in [2.75, 3.05) is 6.54 Å². The first-order valence-electron chi connectivity index (χ1n) is 6.63. The fourth-order valence-corrected chi connectivity index (χ4v) is 9.72. The molecule has 1 saturated heterocycles. The summed E-state index contributed by atoms with van der Waals surface area (Å²) in [6, 6.07) is 1.45. The zero-order chi connectivity index (χ0) is 12.4. The minimum absolute atomic E-state index is 0.160. The molecule has 1 heterocycles. The molecule has 0 aromatic heterocycles. The van der Waals surface area contributed by atoms with Crippen molar-refractivity contribution < 1.29 is 4.43 Å². The largest absolute Gasteiger partial charge is 0.415 e. The van der Waals surface area contributed by atoms with Gasteiger partial charge in [-0.15, -0.1) is 0 Å². The van der Waals surface area contributed by atoms with Crippen LogP contribution in [0.2, 0.25) is 32.2 Å². The Kier molecular flexibility index (Phi) is 4.43. The first-order valence-corrected chi connectivity index (χ1v) is 13.7. The number of hydrogen-bond acceptors (Lipinski definition) is 2. The van der Waals surface area contributed by atoms with Crippen molar-refractivity contribution in [3.63, 3.8) is 0 Å². The van der Waals surface area contributed by atoms with Gasteiger partial charge in [0.05, 0.1) is 13.2 Å². The number of nitrogens with two attached hydrogens (primary N) is 1. The van der Waals surface area contributed by atoms with Crippen LogP contribution in [0, 0.1) is 0 Å². The first-order chi connectivity index (χ1) is 7.22. The Hall–Kier alpha value is 0.354. The van der Waals surface area contributed by atoms with E-state index in [4.69, 9.17) is 10.2 Å². The second kappa shape index (κ2) is 4.92. The Morgan fingerprint density at radius 1 is 1.19 bits per heavy atom. The fraction of sp³-hybridized carbons (Fsp3) is 1.00. The number of rotatable bonds is 4. The Balaban J connectivity index is 2.59. The molecule has 0 spiro atoms. The van der Waals surface area contributed by atoms with E-state index in [9.17, 15) is 0 Å². The van der Waals surface area contributed by atoms with Gasteiger partial charge in [-0.1, -0.05) is 19.1 Å². The predicted molar refractivity (Wildman–Crippen MR) is 76.8 cm³/mol. The van der Waals surface area contributed by atoms with Gasteiger partial charge in [-0.3, -0.25) is 0 Å². The molecule has 1 aliphatic rings. The lowest BCUT2D eigenvalue weighted by molar-refractivity contribution is 0.0610. The molecule has 96 valence electrons. The van der Waals surface area contributed by atoms with Crippen molar-refractivity contribution in [2.45, 2.75) is 70.4 Å². The van der Waals surface area contributed by atoms with Crippen LogP contribution in [0.3, 0.4) is 0 Å². The monoisotopic (exact) mass is 259 g/mol. The van der Waals surface area contributed by atoms with Crippen molar-refractivity contribution in [3.8, 4) is 0 Å². The van der Waals surface area contributed by atoms with E-state index in [1.807, 2.05) is 0 Å². The quantitative estimate of drug-likeness (QED) is 0.621. The molecule has 0 aliphatic carbocycles. The van der Waals surface area contributed by atoms with Gasteiger partial charge < -0.3 is 10.2 Å². The Bertz CT molecular complexity index is 243. The molecule has 1 rings (SSSR count). The van der Waals surface area contributed by atoms with Crippen molar-refractivity contribution in [1.29, 1.82) is 0 Å². The molecule has 0 saturated carbocycles. The Labute approximate surface area is 103 Å². The smallest absolute Gasteiger partial charge is 0.174 e. The zero-order valence-electron chi connectivity index (χ0n) is 11.7. The average Bonchev–Trinajstić information content (AvgIpc) is 2.13. The summed E-state index contributed by atoms with van der Waals surface area (Å²) in [5.74, 6) is 0. The van der Waals surface area contributed by atoms with Gasteiger partial charge in [0.1, 0.15) is 0 Å². The minimum atomic E-state index is -1.41. The van der Waals surface area contributed by atoms with Gasteiger partial charge in [0.15, 0.2) is 7.83 Å². The van der Waals surface area contributed by atoms with E-state index in [-0.39, 0.29) is 5.60 Å². The van der Waals surface area contributed by atoms with Gasteiger partial charge in [0.25, 0.3) is 0 Å². The normalized spacial score (nSPS) is 32.6. The first kappa shape index (κ1) is 14.4. The van der Waals surface area contributed by atoms with Crippen LogP contribution in [0.1, 0.15) is 32.6 Å². The number of unbranched alkanes of at least 4 members (excludes halogenated alkanes) is 1. The lowest BCUT2D eigenvalue weighted by Crippen LogP contribution is -2.64. The summed E-state index contributed by atoms with van der Waals surface area (Å²) in [5.41, 5.74) is 5.72. The van der Waals surface area contributed by atoms with Crippen molar-refractivity contribution in [1.82, 2.24) is 0 Å². The second-order valence-corrected chi connectivity index (χ2v) is 21.9. The summed E-state index contributed by atoms with van der Waals surface area (Å²) in [4.78, 5) is 0. The molecular weight excluding hydrogens is 230 g/mol. The molecule has 0 amide bonds. The maximum absolute atomic E-state index is 6.58. The SMILES string of the molecule is CC1(CCCCN)CC[Si](C)(C)[Si](C)(C)O1. The van der Waals surface area contributed by atoms with Crippen LogP contribution >= 0.6 is 0 Å². The van der Waals surface area contributed by atoms with Crippen LogP contribution in [0.5, 0.6) is 0 Å². The van der Waals surface area contributed by atoms with E-state index >= 15 is 0 Å². The minimum Gasteiger partial charge on any atom is -0.415 e. The third-order valence-electron chi connectivity index (χ3n) is 4.57. The maximum Gasteiger partial charge on any atom is 0.174 e. The van der Waals surface area contributed by atoms with Crippen molar-refractivity contribution >= 4 is 15.4 Å². The van der Waals surface area contributed by atoms with Gasteiger partial charge in [0, 0.05) is 0 Å². The van der Waals surface area contributed by atoms with E-state index in [2.05, 4.69) is 33.1 Å². The van der Waals surface area contributed by atoms with E-state index in [0.717, 1.165) is 13.0 Å². The van der Waals surface area contributed by atoms with Crippen LogP contribution in [0.4, 0.5) is 0 Å². The summed E-state index contributed by atoms with van der Waals surface area (Å²) in [7, 11) is -2.47. The average molecular weight is 260 g/mol. The lowest BCUT2D eigenvalue weighted by atomic mass is 9.96. The number of hydrogen-bond donors (Lipinski definition) is 1. The molecule has 2 N–H and O–H groups in total. The van der Waals surface area contributed by atoms with Gasteiger partial charge in [-0.2, -0.15) is 0 Å². The van der Waals surface area contributed by atoms with Crippen LogP contribution in [-0.4, -0.2) is 27.6 Å². The standard InChI is InChI=1S/C12H29NOSi2/c1-12(8-6-7-10-13)9-11-15(2,3)16(4,5)14-12/h6-11,13H2,1-5H3. The van der Waals surface area contributed by atoms with Gasteiger partial charge >= 0.3 is 0 Å². The summed E-state index contributed by atoms with van der Waals surface area (Å²) < 4.78 is 6.58. The molecular formula is C12H29NOSi2. The summed E-state index contributed by atoms with van der Waals surface area (Å²) in [6.07, 6.45) is 4.83. The van der Waals surface area contributed by atoms with Crippen LogP contribution in [0.15, 0.2) is 0 Å². The zero-order valence-corrected chi connectivity index (χ0v) is 13.7. The van der Waals surface area contributed by atoms with E-state index in [0.29, 0.717) is 0 Å². The molecule has 1 unspecified atom stereocenters. The molecule has 2 nitrogen and oxygen atoms in total. The molecule has 1 atom stereocenters. The van der Waals surface area contributed by atoms with Crippen molar-refractivity contribution in [2.24, 2.45) is 5.73 Å². The molecule has 4 heteroatoms. The molecule has 1 fully saturated rings. The highest BCUT2D eigenvalue weighted by molar-refractivity contribution is 7.38. The van der Waals surface area contributed by atoms with Gasteiger partial charge in [-0.05, 0) is 52.2 Å². The molecule has 0 aromatic carbocycles. The summed E-state index contributed by atoms with van der Waals surface area (Å²) >= 11 is 0. The van der Waals surface area contributed by atoms with Crippen LogP contribution in [-0.2, 0) is 4.43 Å². The molecule has 1 aliphatic heterocycles. The van der Waals surface area contributed by atoms with Crippen LogP contribution < -0.4 is 5.73 Å². The molecule has 0 bridgehead atoms. The Morgan fingerprint density at radius 2 is 1.81 bits per heavy atom. The second-order valence-electron chi connectivity index (χ2n) is 6.69. The lowest BCUT2D eigenvalue weighted by Gasteiger charge is -2.51. The maximum atomic E-state index is 6.58. The third kappa shape index (κ3) is 3.18. The molecule has 16 heavy (non-hydrogen) atoms. The summed E-state index contributed by atoms with van der Waals surface area (Å²) in [6.45, 7) is 13.0. The van der Waals surface area contributed by atoms with E-state index < -0.39 is 15.4 Å². The highest BCUT2D eigenvalue weighted by atomic mass is 29.3. The van der Waals surface area contributed by atoms with E-state index in [1.54, 1.807) is 0 Å². The van der Waals surface area contributed by atoms with Gasteiger partial charge in [-0.25, -0.2) is 0 Å². The van der Waals surface area contributed by atoms with E-state index in [1.165, 1.54) is 25.3 Å². The summed E-state index contributed by atoms with van der Waals surface area (Å²) in [5, 5.41) is 0. The predicted octanol–water partition coefficient (Wildman–Crippen LogP) is 3.29. The highest BCUT2D eigenvalue weighted by Crippen LogP contribution is 2.40. The van der Waals surface area contributed by atoms with Crippen molar-refractivity contribution in [3.05, 3.63) is 0 Å². The Morgan fingerprint density at radius 3 is 2.31 bits per heavy atom. The van der Waals surface area contributed by atoms with Crippen LogP contribution in [0.25, 0.3) is 0 Å². The van der Waals surface area contributed by atoms with Gasteiger partial charge in [0.2, 0.25) is 0 Å². The highest BCUT2D eigenvalue weighted by Gasteiger charge is 2.50. The fourth-order valence-electron chi connectivity index (χ4n) is 2.50. The molecule has 0 radical (unpaired) electrons. The third-order valence-corrected chi connectivity index (χ3v) is 21.2.